The average molecular weight is 319 g/mol. The van der Waals surface area contributed by atoms with Gasteiger partial charge in [0.2, 0.25) is 0 Å². The number of rotatable bonds is 2. The lowest BCUT2D eigenvalue weighted by atomic mass is 9.86. The van der Waals surface area contributed by atoms with Crippen LogP contribution in [-0.2, 0) is 0 Å². The molecule has 4 nitrogen and oxygen atoms in total. The molecule has 2 heterocycles. The van der Waals surface area contributed by atoms with Crippen LogP contribution in [0.3, 0.4) is 0 Å². The predicted octanol–water partition coefficient (Wildman–Crippen LogP) is 3.29. The fourth-order valence-corrected chi connectivity index (χ4v) is 3.53. The van der Waals surface area contributed by atoms with E-state index in [-0.39, 0.29) is 5.92 Å². The van der Waals surface area contributed by atoms with Crippen molar-refractivity contribution in [3.05, 3.63) is 65.9 Å². The van der Waals surface area contributed by atoms with Gasteiger partial charge in [-0.25, -0.2) is 0 Å². The summed E-state index contributed by atoms with van der Waals surface area (Å²) < 4.78 is 0. The first-order valence-corrected chi connectivity index (χ1v) is 8.43. The molecule has 1 aliphatic rings. The summed E-state index contributed by atoms with van der Waals surface area (Å²) in [5.74, 6) is 1.01. The lowest BCUT2D eigenvalue weighted by molar-refractivity contribution is 0.129. The summed E-state index contributed by atoms with van der Waals surface area (Å²) in [5.41, 5.74) is 2.13. The van der Waals surface area contributed by atoms with Crippen molar-refractivity contribution in [3.63, 3.8) is 0 Å². The van der Waals surface area contributed by atoms with Crippen molar-refractivity contribution < 1.29 is 5.11 Å². The van der Waals surface area contributed by atoms with Crippen LogP contribution in [0.4, 0.5) is 5.82 Å². The molecule has 4 rings (SSSR count). The van der Waals surface area contributed by atoms with Crippen molar-refractivity contribution in [2.24, 2.45) is 0 Å². The number of aliphatic hydroxyl groups is 1. The van der Waals surface area contributed by atoms with Crippen molar-refractivity contribution in [2.75, 3.05) is 18.0 Å². The van der Waals surface area contributed by atoms with Crippen molar-refractivity contribution in [1.29, 1.82) is 0 Å². The molecule has 1 saturated heterocycles. The molecule has 24 heavy (non-hydrogen) atoms. The topological polar surface area (TPSA) is 49.2 Å². The first-order chi connectivity index (χ1) is 11.7. The fraction of sp³-hybridized carbons (Fsp3) is 0.300. The smallest absolute Gasteiger partial charge is 0.151 e. The zero-order valence-corrected chi connectivity index (χ0v) is 13.8. The van der Waals surface area contributed by atoms with Gasteiger partial charge in [-0.1, -0.05) is 42.5 Å². The molecule has 2 aromatic carbocycles. The molecule has 0 saturated carbocycles. The Balaban J connectivity index is 1.54. The van der Waals surface area contributed by atoms with Gasteiger partial charge in [0.25, 0.3) is 0 Å². The molecule has 3 aromatic rings. The van der Waals surface area contributed by atoms with E-state index >= 15 is 0 Å². The molecule has 1 aromatic heterocycles. The monoisotopic (exact) mass is 319 g/mol. The van der Waals surface area contributed by atoms with Crippen molar-refractivity contribution in [3.8, 4) is 0 Å². The van der Waals surface area contributed by atoms with Crippen LogP contribution in [0.5, 0.6) is 0 Å². The molecule has 0 aliphatic carbocycles. The van der Waals surface area contributed by atoms with Gasteiger partial charge >= 0.3 is 0 Å². The number of piperidine rings is 1. The zero-order valence-electron chi connectivity index (χ0n) is 13.8. The lowest BCUT2D eigenvalue weighted by Crippen LogP contribution is -2.43. The van der Waals surface area contributed by atoms with Gasteiger partial charge in [-0.05, 0) is 41.8 Å². The molecular weight excluding hydrogens is 298 g/mol. The number of nitrogens with zero attached hydrogens (tertiary/aromatic N) is 3. The van der Waals surface area contributed by atoms with E-state index in [4.69, 9.17) is 0 Å². The Morgan fingerprint density at radius 2 is 1.83 bits per heavy atom. The van der Waals surface area contributed by atoms with Crippen LogP contribution < -0.4 is 4.90 Å². The standard InChI is InChI=1S/C20H21N3O/c1-14-6-9-20(22-21-14)23-11-10-18(19(24)13-23)17-8-7-15-4-2-3-5-16(15)12-17/h2-9,12,18-19,24H,10-11,13H2,1H3/t18-,19+/m0/s1. The number of anilines is 1. The highest BCUT2D eigenvalue weighted by Crippen LogP contribution is 2.31. The van der Waals surface area contributed by atoms with E-state index in [0.717, 1.165) is 24.5 Å². The first-order valence-electron chi connectivity index (χ1n) is 8.43. The number of aromatic nitrogens is 2. The van der Waals surface area contributed by atoms with Gasteiger partial charge in [-0.2, -0.15) is 5.10 Å². The third kappa shape index (κ3) is 2.85. The zero-order chi connectivity index (χ0) is 16.5. The molecule has 4 heteroatoms. The molecule has 2 atom stereocenters. The molecule has 0 bridgehead atoms. The minimum atomic E-state index is -0.400. The van der Waals surface area contributed by atoms with Gasteiger partial charge < -0.3 is 10.0 Å². The molecule has 0 unspecified atom stereocenters. The van der Waals surface area contributed by atoms with Crippen LogP contribution in [0.25, 0.3) is 10.8 Å². The summed E-state index contributed by atoms with van der Waals surface area (Å²) in [5, 5.41) is 21.5. The molecule has 0 spiro atoms. The van der Waals surface area contributed by atoms with E-state index in [1.54, 1.807) is 0 Å². The summed E-state index contributed by atoms with van der Waals surface area (Å²) >= 11 is 0. The van der Waals surface area contributed by atoms with E-state index < -0.39 is 6.10 Å². The maximum atomic E-state index is 10.7. The third-order valence-corrected chi connectivity index (χ3v) is 4.89. The quantitative estimate of drug-likeness (QED) is 0.787. The Hall–Kier alpha value is -2.46. The van der Waals surface area contributed by atoms with Gasteiger partial charge in [0.1, 0.15) is 0 Å². The van der Waals surface area contributed by atoms with Crippen LogP contribution in [0.2, 0.25) is 0 Å². The number of aliphatic hydroxyl groups excluding tert-OH is 1. The Morgan fingerprint density at radius 1 is 1.00 bits per heavy atom. The van der Waals surface area contributed by atoms with E-state index in [1.165, 1.54) is 16.3 Å². The SMILES string of the molecule is Cc1ccc(N2CC[C@@H](c3ccc4ccccc4c3)[C@H](O)C2)nn1. The maximum absolute atomic E-state index is 10.7. The second kappa shape index (κ2) is 6.21. The molecule has 122 valence electrons. The van der Waals surface area contributed by atoms with Crippen LogP contribution in [0.15, 0.2) is 54.6 Å². The second-order valence-corrected chi connectivity index (χ2v) is 6.55. The van der Waals surface area contributed by atoms with Gasteiger partial charge in [0, 0.05) is 19.0 Å². The molecule has 1 aliphatic heterocycles. The number of hydrogen-bond donors (Lipinski definition) is 1. The number of hydrogen-bond acceptors (Lipinski definition) is 4. The predicted molar refractivity (Wildman–Crippen MR) is 96.3 cm³/mol. The van der Waals surface area contributed by atoms with Crippen LogP contribution in [0.1, 0.15) is 23.6 Å². The van der Waals surface area contributed by atoms with Gasteiger partial charge in [0.05, 0.1) is 11.8 Å². The van der Waals surface area contributed by atoms with Gasteiger partial charge in [-0.15, -0.1) is 5.10 Å². The summed E-state index contributed by atoms with van der Waals surface area (Å²) in [7, 11) is 0. The molecule has 0 radical (unpaired) electrons. The molecule has 1 N–H and O–H groups in total. The highest BCUT2D eigenvalue weighted by molar-refractivity contribution is 5.83. The minimum Gasteiger partial charge on any atom is -0.391 e. The Kier molecular flexibility index (Phi) is 3.90. The highest BCUT2D eigenvalue weighted by Gasteiger charge is 2.29. The van der Waals surface area contributed by atoms with E-state index in [1.807, 2.05) is 19.1 Å². The van der Waals surface area contributed by atoms with Gasteiger partial charge in [0.15, 0.2) is 5.82 Å². The van der Waals surface area contributed by atoms with Crippen LogP contribution >= 0.6 is 0 Å². The number of benzene rings is 2. The summed E-state index contributed by atoms with van der Waals surface area (Å²) in [6.45, 7) is 3.40. The summed E-state index contributed by atoms with van der Waals surface area (Å²) in [6, 6.07) is 18.8. The molecular formula is C20H21N3O. The van der Waals surface area contributed by atoms with Crippen molar-refractivity contribution in [1.82, 2.24) is 10.2 Å². The maximum Gasteiger partial charge on any atom is 0.151 e. The number of aryl methyl sites for hydroxylation is 1. The Labute approximate surface area is 141 Å². The fourth-order valence-electron chi connectivity index (χ4n) is 3.53. The summed E-state index contributed by atoms with van der Waals surface area (Å²) in [4.78, 5) is 2.12. The Bertz CT molecular complexity index is 847. The largest absolute Gasteiger partial charge is 0.391 e. The van der Waals surface area contributed by atoms with Crippen LogP contribution in [-0.4, -0.2) is 34.5 Å². The number of fused-ring (bicyclic) bond motifs is 1. The van der Waals surface area contributed by atoms with E-state index in [0.29, 0.717) is 6.54 Å². The first kappa shape index (κ1) is 15.1. The van der Waals surface area contributed by atoms with E-state index in [9.17, 15) is 5.11 Å². The average Bonchev–Trinajstić information content (AvgIpc) is 2.62. The van der Waals surface area contributed by atoms with Gasteiger partial charge in [-0.3, -0.25) is 0 Å². The van der Waals surface area contributed by atoms with Crippen molar-refractivity contribution >= 4 is 16.6 Å². The second-order valence-electron chi connectivity index (χ2n) is 6.55. The normalized spacial score (nSPS) is 21.2. The van der Waals surface area contributed by atoms with Crippen molar-refractivity contribution in [2.45, 2.75) is 25.4 Å². The number of β-amino-alcohol motifs (C(OH)–C–C–N with tert-alkyl or cyclic N) is 1. The molecule has 0 amide bonds. The molecule has 1 fully saturated rings. The van der Waals surface area contributed by atoms with Crippen LogP contribution in [0, 0.1) is 6.92 Å². The Morgan fingerprint density at radius 3 is 2.58 bits per heavy atom. The lowest BCUT2D eigenvalue weighted by Gasteiger charge is -2.36. The third-order valence-electron chi connectivity index (χ3n) is 4.89. The minimum absolute atomic E-state index is 0.171. The van der Waals surface area contributed by atoms with E-state index in [2.05, 4.69) is 57.6 Å². The highest BCUT2D eigenvalue weighted by atomic mass is 16.3. The summed E-state index contributed by atoms with van der Waals surface area (Å²) in [6.07, 6.45) is 0.512.